The summed E-state index contributed by atoms with van der Waals surface area (Å²) in [6.45, 7) is 1.95. The highest BCUT2D eigenvalue weighted by Gasteiger charge is 2.19. The van der Waals surface area contributed by atoms with Gasteiger partial charge in [0.2, 0.25) is 0 Å². The van der Waals surface area contributed by atoms with Crippen LogP contribution in [0, 0.1) is 6.92 Å². The van der Waals surface area contributed by atoms with E-state index in [1.54, 1.807) is 0 Å². The van der Waals surface area contributed by atoms with Crippen molar-refractivity contribution in [3.63, 3.8) is 0 Å². The summed E-state index contributed by atoms with van der Waals surface area (Å²) < 4.78 is 0. The first-order valence-electron chi connectivity index (χ1n) is 5.49. The van der Waals surface area contributed by atoms with Gasteiger partial charge in [0.1, 0.15) is 9.88 Å². The molecule has 0 radical (unpaired) electrons. The number of aromatic carboxylic acids is 1. The van der Waals surface area contributed by atoms with Crippen LogP contribution in [-0.4, -0.2) is 27.1 Å². The van der Waals surface area contributed by atoms with Crippen molar-refractivity contribution in [2.45, 2.75) is 13.3 Å². The molecule has 1 heterocycles. The van der Waals surface area contributed by atoms with E-state index in [-0.39, 0.29) is 17.0 Å². The van der Waals surface area contributed by atoms with Crippen molar-refractivity contribution in [2.75, 3.05) is 0 Å². The number of rotatable bonds is 4. The van der Waals surface area contributed by atoms with Crippen molar-refractivity contribution in [2.24, 2.45) is 0 Å². The third kappa shape index (κ3) is 2.97. The van der Waals surface area contributed by atoms with Crippen molar-refractivity contribution < 1.29 is 19.8 Å². The maximum absolute atomic E-state index is 11.1. The molecule has 0 aliphatic rings. The summed E-state index contributed by atoms with van der Waals surface area (Å²) in [5, 5.41) is 18.3. The topological polar surface area (TPSA) is 87.5 Å². The molecule has 0 bridgehead atoms. The van der Waals surface area contributed by atoms with Gasteiger partial charge in [0.25, 0.3) is 0 Å². The molecule has 1 aromatic heterocycles. The Morgan fingerprint density at radius 2 is 1.84 bits per heavy atom. The van der Waals surface area contributed by atoms with E-state index in [4.69, 9.17) is 10.2 Å². The smallest absolute Gasteiger partial charge is 0.347 e. The van der Waals surface area contributed by atoms with Crippen molar-refractivity contribution >= 4 is 23.3 Å². The monoisotopic (exact) mass is 277 g/mol. The lowest BCUT2D eigenvalue weighted by atomic mass is 10.2. The van der Waals surface area contributed by atoms with Gasteiger partial charge in [0.05, 0.1) is 12.1 Å². The van der Waals surface area contributed by atoms with Gasteiger partial charge in [-0.3, -0.25) is 4.79 Å². The van der Waals surface area contributed by atoms with Gasteiger partial charge in [-0.05, 0) is 6.92 Å². The summed E-state index contributed by atoms with van der Waals surface area (Å²) in [7, 11) is 0. The molecule has 19 heavy (non-hydrogen) atoms. The zero-order valence-corrected chi connectivity index (χ0v) is 10.9. The standard InChI is InChI=1S/C13H11NO4S/c1-7-2-4-8(5-3-7)12-14-9(6-10(15)16)11(19-12)13(17)18/h2-5H,6H2,1H3,(H,15,16)(H,17,18). The quantitative estimate of drug-likeness (QED) is 0.896. The van der Waals surface area contributed by atoms with Gasteiger partial charge in [-0.25, -0.2) is 9.78 Å². The third-order valence-electron chi connectivity index (χ3n) is 2.51. The Bertz CT molecular complexity index is 631. The Labute approximate surface area is 113 Å². The minimum absolute atomic E-state index is 0.0158. The number of aromatic nitrogens is 1. The number of nitrogens with zero attached hydrogens (tertiary/aromatic N) is 1. The Hall–Kier alpha value is -2.21. The number of aryl methyl sites for hydroxylation is 1. The summed E-state index contributed by atoms with van der Waals surface area (Å²) in [4.78, 5) is 25.9. The van der Waals surface area contributed by atoms with Crippen LogP contribution in [-0.2, 0) is 11.2 Å². The molecule has 0 atom stereocenters. The first kappa shape index (κ1) is 13.2. The molecule has 0 aliphatic heterocycles. The number of carbonyl (C=O) groups is 2. The van der Waals surface area contributed by atoms with Gasteiger partial charge >= 0.3 is 11.9 Å². The van der Waals surface area contributed by atoms with E-state index in [0.29, 0.717) is 5.01 Å². The molecule has 6 heteroatoms. The lowest BCUT2D eigenvalue weighted by molar-refractivity contribution is -0.136. The highest BCUT2D eigenvalue weighted by Crippen LogP contribution is 2.28. The second kappa shape index (κ2) is 5.19. The van der Waals surface area contributed by atoms with Gasteiger partial charge in [-0.2, -0.15) is 0 Å². The Morgan fingerprint density at radius 3 is 2.37 bits per heavy atom. The number of hydrogen-bond donors (Lipinski definition) is 2. The predicted molar refractivity (Wildman–Crippen MR) is 70.6 cm³/mol. The lowest BCUT2D eigenvalue weighted by Crippen LogP contribution is -2.05. The molecule has 2 rings (SSSR count). The maximum Gasteiger partial charge on any atom is 0.347 e. The van der Waals surface area contributed by atoms with Crippen molar-refractivity contribution in [1.82, 2.24) is 4.98 Å². The SMILES string of the molecule is Cc1ccc(-c2nc(CC(=O)O)c(C(=O)O)s2)cc1. The summed E-state index contributed by atoms with van der Waals surface area (Å²) >= 11 is 0.995. The van der Waals surface area contributed by atoms with Gasteiger partial charge in [-0.15, -0.1) is 11.3 Å². The number of thiazole rings is 1. The van der Waals surface area contributed by atoms with Crippen LogP contribution in [0.4, 0.5) is 0 Å². The summed E-state index contributed by atoms with van der Waals surface area (Å²) in [6.07, 6.45) is -0.385. The maximum atomic E-state index is 11.1. The minimum atomic E-state index is -1.15. The van der Waals surface area contributed by atoms with Crippen LogP contribution in [0.2, 0.25) is 0 Å². The first-order chi connectivity index (χ1) is 8.97. The van der Waals surface area contributed by atoms with E-state index >= 15 is 0 Å². The predicted octanol–water partition coefficient (Wildman–Crippen LogP) is 2.44. The van der Waals surface area contributed by atoms with Gasteiger partial charge < -0.3 is 10.2 Å². The number of aliphatic carboxylic acids is 1. The Morgan fingerprint density at radius 1 is 1.21 bits per heavy atom. The summed E-state index contributed by atoms with van der Waals surface area (Å²) in [5.74, 6) is -2.24. The van der Waals surface area contributed by atoms with Crippen LogP contribution in [0.25, 0.3) is 10.6 Å². The summed E-state index contributed by atoms with van der Waals surface area (Å²) in [5.41, 5.74) is 1.97. The minimum Gasteiger partial charge on any atom is -0.481 e. The van der Waals surface area contributed by atoms with Gasteiger partial charge in [0.15, 0.2) is 0 Å². The normalized spacial score (nSPS) is 10.4. The Kier molecular flexibility index (Phi) is 3.62. The molecule has 0 saturated heterocycles. The van der Waals surface area contributed by atoms with E-state index in [9.17, 15) is 9.59 Å². The molecule has 98 valence electrons. The third-order valence-corrected chi connectivity index (χ3v) is 3.64. The van der Waals surface area contributed by atoms with Crippen LogP contribution in [0.3, 0.4) is 0 Å². The van der Waals surface area contributed by atoms with Crippen molar-refractivity contribution in [3.05, 3.63) is 40.4 Å². The average Bonchev–Trinajstić information content (AvgIpc) is 2.73. The number of carboxylic acid groups (broad SMARTS) is 2. The molecule has 2 N–H and O–H groups in total. The van der Waals surface area contributed by atoms with Crippen LogP contribution >= 0.6 is 11.3 Å². The molecule has 0 amide bonds. The van der Waals surface area contributed by atoms with Gasteiger partial charge in [0, 0.05) is 5.56 Å². The molecular formula is C13H11NO4S. The highest BCUT2D eigenvalue weighted by atomic mass is 32.1. The van der Waals surface area contributed by atoms with E-state index in [1.165, 1.54) is 0 Å². The molecule has 5 nitrogen and oxygen atoms in total. The zero-order valence-electron chi connectivity index (χ0n) is 10.1. The van der Waals surface area contributed by atoms with Crippen LogP contribution in [0.15, 0.2) is 24.3 Å². The molecule has 0 saturated carbocycles. The van der Waals surface area contributed by atoms with E-state index in [2.05, 4.69) is 4.98 Å². The first-order valence-corrected chi connectivity index (χ1v) is 6.31. The largest absolute Gasteiger partial charge is 0.481 e. The average molecular weight is 277 g/mol. The van der Waals surface area contributed by atoms with Gasteiger partial charge in [-0.1, -0.05) is 29.8 Å². The lowest BCUT2D eigenvalue weighted by Gasteiger charge is -1.96. The number of benzene rings is 1. The number of carboxylic acids is 2. The second-order valence-corrected chi connectivity index (χ2v) is 5.04. The molecule has 0 unspecified atom stereocenters. The molecule has 1 aromatic carbocycles. The molecule has 0 spiro atoms. The fraction of sp³-hybridized carbons (Fsp3) is 0.154. The molecule has 0 fully saturated rings. The molecule has 0 aliphatic carbocycles. The fourth-order valence-electron chi connectivity index (χ4n) is 1.60. The van der Waals surface area contributed by atoms with Crippen LogP contribution < -0.4 is 0 Å². The molecular weight excluding hydrogens is 266 g/mol. The zero-order chi connectivity index (χ0) is 14.0. The molecule has 2 aromatic rings. The summed E-state index contributed by atoms with van der Waals surface area (Å²) in [6, 6.07) is 7.47. The van der Waals surface area contributed by atoms with Crippen LogP contribution in [0.5, 0.6) is 0 Å². The van der Waals surface area contributed by atoms with Crippen molar-refractivity contribution in [3.8, 4) is 10.6 Å². The van der Waals surface area contributed by atoms with Crippen molar-refractivity contribution in [1.29, 1.82) is 0 Å². The second-order valence-electron chi connectivity index (χ2n) is 4.04. The Balaban J connectivity index is 2.45. The fourth-order valence-corrected chi connectivity index (χ4v) is 2.53. The van der Waals surface area contributed by atoms with E-state index < -0.39 is 11.9 Å². The highest BCUT2D eigenvalue weighted by molar-refractivity contribution is 7.17. The van der Waals surface area contributed by atoms with E-state index in [0.717, 1.165) is 22.5 Å². The van der Waals surface area contributed by atoms with E-state index in [1.807, 2.05) is 31.2 Å². The van der Waals surface area contributed by atoms with Crippen LogP contribution in [0.1, 0.15) is 20.9 Å². The number of hydrogen-bond acceptors (Lipinski definition) is 4.